The molecule has 2 aromatic rings. The van der Waals surface area contributed by atoms with E-state index in [0.29, 0.717) is 55.5 Å². The number of aromatic nitrogens is 1. The van der Waals surface area contributed by atoms with Crippen LogP contribution in [0.15, 0.2) is 36.7 Å². The van der Waals surface area contributed by atoms with E-state index in [4.69, 9.17) is 14.2 Å². The molecular formula is C32H42N4O7. The van der Waals surface area contributed by atoms with Crippen molar-refractivity contribution in [1.82, 2.24) is 14.8 Å². The number of ether oxygens (including phenoxy) is 3. The van der Waals surface area contributed by atoms with E-state index in [1.807, 2.05) is 41.8 Å². The second-order valence-corrected chi connectivity index (χ2v) is 12.2. The number of carbonyl (C=O) groups excluding carboxylic acids is 2. The molecule has 3 aliphatic heterocycles. The summed E-state index contributed by atoms with van der Waals surface area (Å²) in [6.07, 6.45) is 6.30. The number of amides is 2. The van der Waals surface area contributed by atoms with Gasteiger partial charge in [0.2, 0.25) is 24.4 Å². The van der Waals surface area contributed by atoms with Crippen LogP contribution in [0.5, 0.6) is 17.2 Å². The van der Waals surface area contributed by atoms with Gasteiger partial charge in [-0.25, -0.2) is 0 Å². The van der Waals surface area contributed by atoms with Crippen molar-refractivity contribution in [3.8, 4) is 17.2 Å². The van der Waals surface area contributed by atoms with E-state index in [2.05, 4.69) is 11.9 Å². The molecule has 0 radical (unpaired) electrons. The first-order valence-corrected chi connectivity index (χ1v) is 15.1. The molecule has 0 bridgehead atoms. The first-order chi connectivity index (χ1) is 20.6. The molecule has 5 rings (SSSR count). The Balaban J connectivity index is 1.46. The third kappa shape index (κ3) is 6.27. The monoisotopic (exact) mass is 594 g/mol. The largest absolute Gasteiger partial charge is 0.493 e. The molecule has 11 heteroatoms. The number of carboxylic acids is 1. The fourth-order valence-corrected chi connectivity index (χ4v) is 6.59. The number of fused-ring (bicyclic) bond motifs is 1. The Kier molecular flexibility index (Phi) is 9.10. The highest BCUT2D eigenvalue weighted by Gasteiger charge is 2.48. The van der Waals surface area contributed by atoms with Gasteiger partial charge in [-0.05, 0) is 49.1 Å². The van der Waals surface area contributed by atoms with E-state index in [-0.39, 0.29) is 25.2 Å². The number of benzene rings is 1. The number of carboxylic acid groups (broad SMARTS) is 1. The quantitative estimate of drug-likeness (QED) is 0.391. The standard InChI is InChI=1S/C32H42N4O7/c1-5-6-12-36(22-8-7-11-33-17-22)27(37)19-35-18-23(21-15-25(41-4)29-26(16-21)42-20-43-29)28(30(38)39)24(35)9-13-34-14-10-32(2,3)31(34)40/h7-8,11,15-17,23-24,28H,5-6,9-10,12-14,18-20H2,1-4H3,(H,38,39)/t23-,24+,28-/m1/s1. The zero-order chi connectivity index (χ0) is 30.7. The lowest BCUT2D eigenvalue weighted by atomic mass is 9.84. The molecule has 1 aromatic heterocycles. The number of anilines is 1. The summed E-state index contributed by atoms with van der Waals surface area (Å²) in [6, 6.07) is 6.83. The average Bonchev–Trinajstić information content (AvgIpc) is 3.68. The minimum Gasteiger partial charge on any atom is -0.493 e. The SMILES string of the molecule is CCCCN(C(=O)CN1C[C@H](c2cc(OC)c3c(c2)OCO3)[C@@H](C(=O)O)[C@@H]1CCN1CCC(C)(C)C1=O)c1cccnc1. The molecule has 2 fully saturated rings. The van der Waals surface area contributed by atoms with Crippen LogP contribution in [0.2, 0.25) is 0 Å². The molecule has 0 spiro atoms. The molecule has 232 valence electrons. The Morgan fingerprint density at radius 3 is 2.72 bits per heavy atom. The summed E-state index contributed by atoms with van der Waals surface area (Å²) in [4.78, 5) is 49.7. The number of hydrogen-bond acceptors (Lipinski definition) is 8. The Labute approximate surface area is 252 Å². The van der Waals surface area contributed by atoms with Crippen molar-refractivity contribution in [3.63, 3.8) is 0 Å². The van der Waals surface area contributed by atoms with Crippen molar-refractivity contribution < 1.29 is 33.7 Å². The van der Waals surface area contributed by atoms with Gasteiger partial charge in [0, 0.05) is 49.8 Å². The van der Waals surface area contributed by atoms with Crippen LogP contribution in [0.25, 0.3) is 0 Å². The second-order valence-electron chi connectivity index (χ2n) is 12.2. The van der Waals surface area contributed by atoms with Gasteiger partial charge in [-0.1, -0.05) is 27.2 Å². The van der Waals surface area contributed by atoms with Crippen molar-refractivity contribution in [3.05, 3.63) is 42.2 Å². The topological polar surface area (TPSA) is 122 Å². The smallest absolute Gasteiger partial charge is 0.308 e. The van der Waals surface area contributed by atoms with Gasteiger partial charge >= 0.3 is 5.97 Å². The first-order valence-electron chi connectivity index (χ1n) is 15.1. The highest BCUT2D eigenvalue weighted by molar-refractivity contribution is 5.94. The zero-order valence-corrected chi connectivity index (χ0v) is 25.5. The van der Waals surface area contributed by atoms with Crippen LogP contribution in [-0.2, 0) is 14.4 Å². The van der Waals surface area contributed by atoms with Gasteiger partial charge in [-0.2, -0.15) is 0 Å². The van der Waals surface area contributed by atoms with Gasteiger partial charge < -0.3 is 29.1 Å². The predicted octanol–water partition coefficient (Wildman–Crippen LogP) is 3.77. The van der Waals surface area contributed by atoms with Crippen LogP contribution >= 0.6 is 0 Å². The molecule has 0 aliphatic carbocycles. The molecule has 1 aromatic carbocycles. The highest BCUT2D eigenvalue weighted by Crippen LogP contribution is 2.47. The predicted molar refractivity (Wildman–Crippen MR) is 159 cm³/mol. The number of pyridine rings is 1. The number of methoxy groups -OCH3 is 1. The van der Waals surface area contributed by atoms with Crippen LogP contribution in [0.3, 0.4) is 0 Å². The summed E-state index contributed by atoms with van der Waals surface area (Å²) in [7, 11) is 1.54. The molecule has 2 amide bonds. The summed E-state index contributed by atoms with van der Waals surface area (Å²) in [5.74, 6) is -0.734. The third-order valence-electron chi connectivity index (χ3n) is 9.04. The van der Waals surface area contributed by atoms with Crippen LogP contribution in [0.1, 0.15) is 57.9 Å². The van der Waals surface area contributed by atoms with Crippen molar-refractivity contribution in [1.29, 1.82) is 0 Å². The van der Waals surface area contributed by atoms with Crippen molar-refractivity contribution in [2.45, 2.75) is 58.4 Å². The van der Waals surface area contributed by atoms with Crippen molar-refractivity contribution >= 4 is 23.5 Å². The van der Waals surface area contributed by atoms with E-state index >= 15 is 0 Å². The maximum atomic E-state index is 13.9. The normalized spacial score (nSPS) is 22.7. The first kappa shape index (κ1) is 30.6. The summed E-state index contributed by atoms with van der Waals surface area (Å²) >= 11 is 0. The van der Waals surface area contributed by atoms with Gasteiger partial charge in [0.25, 0.3) is 0 Å². The van der Waals surface area contributed by atoms with Gasteiger partial charge in [-0.15, -0.1) is 0 Å². The minimum absolute atomic E-state index is 0.0463. The molecular weight excluding hydrogens is 552 g/mol. The Hall–Kier alpha value is -3.86. The molecule has 11 nitrogen and oxygen atoms in total. The van der Waals surface area contributed by atoms with E-state index in [1.54, 1.807) is 23.4 Å². The third-order valence-corrected chi connectivity index (χ3v) is 9.04. The summed E-state index contributed by atoms with van der Waals surface area (Å²) < 4.78 is 16.8. The van der Waals surface area contributed by atoms with Gasteiger partial charge in [0.05, 0.1) is 31.5 Å². The van der Waals surface area contributed by atoms with E-state index in [0.717, 1.165) is 24.8 Å². The lowest BCUT2D eigenvalue weighted by Crippen LogP contribution is -2.46. The molecule has 1 N–H and O–H groups in total. The Morgan fingerprint density at radius 1 is 1.26 bits per heavy atom. The minimum atomic E-state index is -0.940. The molecule has 3 atom stereocenters. The van der Waals surface area contributed by atoms with Crippen molar-refractivity contribution in [2.75, 3.05) is 51.5 Å². The molecule has 0 saturated carbocycles. The Morgan fingerprint density at radius 2 is 2.07 bits per heavy atom. The highest BCUT2D eigenvalue weighted by atomic mass is 16.7. The zero-order valence-electron chi connectivity index (χ0n) is 25.5. The molecule has 0 unspecified atom stereocenters. The van der Waals surface area contributed by atoms with E-state index < -0.39 is 29.3 Å². The molecule has 3 aliphatic rings. The number of aliphatic carboxylic acids is 1. The lowest BCUT2D eigenvalue weighted by molar-refractivity contribution is -0.143. The van der Waals surface area contributed by atoms with E-state index in [1.165, 1.54) is 7.11 Å². The van der Waals surface area contributed by atoms with Crippen LogP contribution in [-0.4, -0.2) is 90.3 Å². The number of unbranched alkanes of at least 4 members (excludes halogenated alkanes) is 1. The van der Waals surface area contributed by atoms with Gasteiger partial charge in [0.1, 0.15) is 0 Å². The fourth-order valence-electron chi connectivity index (χ4n) is 6.59. The van der Waals surface area contributed by atoms with Gasteiger partial charge in [0.15, 0.2) is 11.5 Å². The number of likely N-dealkylation sites (tertiary alicyclic amines) is 2. The number of hydrogen-bond donors (Lipinski definition) is 1. The summed E-state index contributed by atoms with van der Waals surface area (Å²) in [6.45, 7) is 8.05. The fraction of sp³-hybridized carbons (Fsp3) is 0.562. The maximum Gasteiger partial charge on any atom is 0.308 e. The molecule has 43 heavy (non-hydrogen) atoms. The second kappa shape index (κ2) is 12.8. The average molecular weight is 595 g/mol. The lowest BCUT2D eigenvalue weighted by Gasteiger charge is -2.31. The summed E-state index contributed by atoms with van der Waals surface area (Å²) in [5, 5.41) is 10.6. The summed E-state index contributed by atoms with van der Waals surface area (Å²) in [5.41, 5.74) is 1.04. The van der Waals surface area contributed by atoms with Crippen LogP contribution in [0.4, 0.5) is 5.69 Å². The van der Waals surface area contributed by atoms with Crippen LogP contribution < -0.4 is 19.1 Å². The van der Waals surface area contributed by atoms with E-state index in [9.17, 15) is 19.5 Å². The number of nitrogens with zero attached hydrogens (tertiary/aromatic N) is 4. The van der Waals surface area contributed by atoms with Crippen LogP contribution in [0, 0.1) is 11.3 Å². The maximum absolute atomic E-state index is 13.9. The number of rotatable bonds is 12. The molecule has 2 saturated heterocycles. The number of carbonyl (C=O) groups is 3. The molecule has 4 heterocycles. The Bertz CT molecular complexity index is 1330. The van der Waals surface area contributed by atoms with Crippen molar-refractivity contribution in [2.24, 2.45) is 11.3 Å². The van der Waals surface area contributed by atoms with Gasteiger partial charge in [-0.3, -0.25) is 24.3 Å².